The standard InChI is InChI=1S/C7H9NO6S2/c8-4-5-1-2-6(15(9,10)11)3-7(5)16(12,13)14/h1-3H,4,8H2,(H,9,10,11)(H,12,13,14). The molecule has 0 radical (unpaired) electrons. The summed E-state index contributed by atoms with van der Waals surface area (Å²) in [5, 5.41) is 0. The molecule has 0 aliphatic rings. The Morgan fingerprint density at radius 1 is 1.06 bits per heavy atom. The van der Waals surface area contributed by atoms with Gasteiger partial charge in [0.25, 0.3) is 20.2 Å². The maximum absolute atomic E-state index is 10.9. The van der Waals surface area contributed by atoms with Crippen LogP contribution in [0.15, 0.2) is 28.0 Å². The lowest BCUT2D eigenvalue weighted by atomic mass is 10.2. The number of rotatable bonds is 3. The van der Waals surface area contributed by atoms with Crippen LogP contribution in [0.2, 0.25) is 0 Å². The van der Waals surface area contributed by atoms with E-state index in [4.69, 9.17) is 14.8 Å². The molecule has 4 N–H and O–H groups in total. The molecule has 0 heterocycles. The Morgan fingerprint density at radius 3 is 2.00 bits per heavy atom. The Bertz CT molecular complexity index is 604. The highest BCUT2D eigenvalue weighted by molar-refractivity contribution is 7.86. The highest BCUT2D eigenvalue weighted by Gasteiger charge is 2.19. The van der Waals surface area contributed by atoms with Crippen molar-refractivity contribution in [1.82, 2.24) is 0 Å². The first-order valence-electron chi connectivity index (χ1n) is 3.94. The molecule has 0 atom stereocenters. The first kappa shape index (κ1) is 13.1. The third kappa shape index (κ3) is 2.77. The van der Waals surface area contributed by atoms with Crippen LogP contribution in [0.4, 0.5) is 0 Å². The van der Waals surface area contributed by atoms with Crippen LogP contribution in [-0.4, -0.2) is 25.9 Å². The van der Waals surface area contributed by atoms with Crippen LogP contribution in [0.3, 0.4) is 0 Å². The number of hydrogen-bond acceptors (Lipinski definition) is 5. The summed E-state index contributed by atoms with van der Waals surface area (Å²) in [5.41, 5.74) is 5.27. The molecule has 0 aliphatic heterocycles. The first-order valence-corrected chi connectivity index (χ1v) is 6.82. The van der Waals surface area contributed by atoms with E-state index in [9.17, 15) is 16.8 Å². The van der Waals surface area contributed by atoms with Gasteiger partial charge in [0.2, 0.25) is 0 Å². The third-order valence-corrected chi connectivity index (χ3v) is 3.62. The maximum Gasteiger partial charge on any atom is 0.294 e. The van der Waals surface area contributed by atoms with Crippen LogP contribution in [0.25, 0.3) is 0 Å². The molecule has 0 spiro atoms. The zero-order valence-electron chi connectivity index (χ0n) is 7.86. The molecule has 0 fully saturated rings. The molecule has 0 saturated heterocycles. The van der Waals surface area contributed by atoms with E-state index in [0.717, 1.165) is 12.1 Å². The lowest BCUT2D eigenvalue weighted by molar-refractivity contribution is 0.480. The molecule has 0 aliphatic carbocycles. The molecule has 90 valence electrons. The topological polar surface area (TPSA) is 135 Å². The molecular weight excluding hydrogens is 258 g/mol. The van der Waals surface area contributed by atoms with Crippen molar-refractivity contribution >= 4 is 20.2 Å². The van der Waals surface area contributed by atoms with Gasteiger partial charge in [0.15, 0.2) is 0 Å². The normalized spacial score (nSPS) is 12.7. The summed E-state index contributed by atoms with van der Waals surface area (Å²) in [6.07, 6.45) is 0. The second-order valence-electron chi connectivity index (χ2n) is 2.92. The van der Waals surface area contributed by atoms with E-state index in [1.165, 1.54) is 0 Å². The largest absolute Gasteiger partial charge is 0.326 e. The summed E-state index contributed by atoms with van der Waals surface area (Å²) in [4.78, 5) is -1.26. The molecule has 1 aromatic rings. The quantitative estimate of drug-likeness (QED) is 0.636. The SMILES string of the molecule is NCc1ccc(S(=O)(=O)O)cc1S(=O)(=O)O. The van der Waals surface area contributed by atoms with Gasteiger partial charge in [-0.2, -0.15) is 16.8 Å². The van der Waals surface area contributed by atoms with Crippen molar-refractivity contribution in [1.29, 1.82) is 0 Å². The van der Waals surface area contributed by atoms with Gasteiger partial charge in [-0.1, -0.05) is 6.07 Å². The van der Waals surface area contributed by atoms with Gasteiger partial charge in [-0.05, 0) is 17.7 Å². The van der Waals surface area contributed by atoms with Gasteiger partial charge >= 0.3 is 0 Å². The first-order chi connectivity index (χ1) is 7.16. The van der Waals surface area contributed by atoms with Gasteiger partial charge in [-0.25, -0.2) is 0 Å². The van der Waals surface area contributed by atoms with Crippen molar-refractivity contribution in [2.24, 2.45) is 5.73 Å². The van der Waals surface area contributed by atoms with Crippen LogP contribution < -0.4 is 5.73 Å². The Kier molecular flexibility index (Phi) is 3.35. The number of nitrogens with two attached hydrogens (primary N) is 1. The molecule has 7 nitrogen and oxygen atoms in total. The Balaban J connectivity index is 3.58. The summed E-state index contributed by atoms with van der Waals surface area (Å²) in [5.74, 6) is 0. The second-order valence-corrected chi connectivity index (χ2v) is 5.74. The fraction of sp³-hybridized carbons (Fsp3) is 0.143. The van der Waals surface area contributed by atoms with Gasteiger partial charge in [-0.3, -0.25) is 9.11 Å². The van der Waals surface area contributed by atoms with Crippen LogP contribution in [0.5, 0.6) is 0 Å². The second kappa shape index (κ2) is 4.11. The van der Waals surface area contributed by atoms with Crippen molar-refractivity contribution in [3.63, 3.8) is 0 Å². The molecule has 0 bridgehead atoms. The van der Waals surface area contributed by atoms with Crippen molar-refractivity contribution in [3.05, 3.63) is 23.8 Å². The minimum atomic E-state index is -4.58. The van der Waals surface area contributed by atoms with Crippen molar-refractivity contribution in [3.8, 4) is 0 Å². The molecule has 1 rings (SSSR count). The zero-order chi connectivity index (χ0) is 12.6. The van der Waals surface area contributed by atoms with Crippen molar-refractivity contribution in [2.75, 3.05) is 0 Å². The van der Waals surface area contributed by atoms with E-state index in [-0.39, 0.29) is 12.1 Å². The molecule has 0 saturated carbocycles. The van der Waals surface area contributed by atoms with Crippen LogP contribution in [0.1, 0.15) is 5.56 Å². The summed E-state index contributed by atoms with van der Waals surface area (Å²) >= 11 is 0. The molecule has 16 heavy (non-hydrogen) atoms. The lowest BCUT2D eigenvalue weighted by Gasteiger charge is -2.06. The molecule has 0 unspecified atom stereocenters. The molecule has 0 aromatic heterocycles. The minimum Gasteiger partial charge on any atom is -0.326 e. The zero-order valence-corrected chi connectivity index (χ0v) is 9.49. The summed E-state index contributed by atoms with van der Waals surface area (Å²) in [6, 6.07) is 2.74. The van der Waals surface area contributed by atoms with Crippen LogP contribution in [-0.2, 0) is 26.8 Å². The Labute approximate surface area is 92.4 Å². The van der Waals surface area contributed by atoms with E-state index >= 15 is 0 Å². The Hall–Kier alpha value is -1.00. The van der Waals surface area contributed by atoms with Gasteiger partial charge in [-0.15, -0.1) is 0 Å². The highest BCUT2D eigenvalue weighted by Crippen LogP contribution is 2.20. The molecular formula is C7H9NO6S2. The Morgan fingerprint density at radius 2 is 1.62 bits per heavy atom. The fourth-order valence-electron chi connectivity index (χ4n) is 1.10. The highest BCUT2D eigenvalue weighted by atomic mass is 32.2. The molecule has 1 aromatic carbocycles. The van der Waals surface area contributed by atoms with Gasteiger partial charge in [0.05, 0.1) is 9.79 Å². The molecule has 9 heteroatoms. The average Bonchev–Trinajstić information content (AvgIpc) is 2.14. The van der Waals surface area contributed by atoms with Gasteiger partial charge < -0.3 is 5.73 Å². The van der Waals surface area contributed by atoms with Crippen molar-refractivity contribution in [2.45, 2.75) is 16.3 Å². The van der Waals surface area contributed by atoms with Crippen LogP contribution in [0, 0.1) is 0 Å². The predicted molar refractivity (Wildman–Crippen MR) is 54.0 cm³/mol. The summed E-state index contributed by atoms with van der Waals surface area (Å²) < 4.78 is 60.9. The average molecular weight is 267 g/mol. The van der Waals surface area contributed by atoms with Crippen LogP contribution >= 0.6 is 0 Å². The smallest absolute Gasteiger partial charge is 0.294 e. The van der Waals surface area contributed by atoms with Crippen molar-refractivity contribution < 1.29 is 25.9 Å². The minimum absolute atomic E-state index is 0.0508. The fourth-order valence-corrected chi connectivity index (χ4v) is 2.44. The van der Waals surface area contributed by atoms with E-state index in [1.54, 1.807) is 0 Å². The van der Waals surface area contributed by atoms with E-state index < -0.39 is 30.0 Å². The third-order valence-electron chi connectivity index (χ3n) is 1.83. The van der Waals surface area contributed by atoms with Gasteiger partial charge in [0, 0.05) is 6.54 Å². The number of benzene rings is 1. The van der Waals surface area contributed by atoms with Gasteiger partial charge in [0.1, 0.15) is 0 Å². The number of hydrogen-bond donors (Lipinski definition) is 3. The van der Waals surface area contributed by atoms with E-state index in [0.29, 0.717) is 6.07 Å². The maximum atomic E-state index is 10.9. The predicted octanol–water partition coefficient (Wildman–Crippen LogP) is -0.361. The summed E-state index contributed by atoms with van der Waals surface area (Å²) in [7, 11) is -9.11. The molecule has 0 amide bonds. The summed E-state index contributed by atoms with van der Waals surface area (Å²) in [6.45, 7) is -0.194. The van der Waals surface area contributed by atoms with E-state index in [2.05, 4.69) is 0 Å². The lowest BCUT2D eigenvalue weighted by Crippen LogP contribution is -2.09. The monoisotopic (exact) mass is 267 g/mol. The van der Waals surface area contributed by atoms with E-state index in [1.807, 2.05) is 0 Å².